The Morgan fingerprint density at radius 1 is 1.25 bits per heavy atom. The third kappa shape index (κ3) is 5.11. The number of hydrogen-bond acceptors (Lipinski definition) is 4. The zero-order valence-electron chi connectivity index (χ0n) is 13.2. The zero-order valence-corrected chi connectivity index (χ0v) is 14.0. The fourth-order valence-electron chi connectivity index (χ4n) is 1.99. The standard InChI is InChI=1S/C18H17ClN4O/c1-23(12-2-11-20)17-9-3-14(4-10-17)13-21-22-18(24)15-5-7-16(19)8-6-15/h3-10,13H,2,12H2,1H3,(H,22,24)/b21-13-. The van der Waals surface area contributed by atoms with Crippen LogP contribution in [0.15, 0.2) is 53.6 Å². The van der Waals surface area contributed by atoms with Crippen LogP contribution in [-0.4, -0.2) is 25.7 Å². The van der Waals surface area contributed by atoms with Gasteiger partial charge in [-0.25, -0.2) is 5.43 Å². The number of carbonyl (C=O) groups excluding carboxylic acids is 1. The predicted molar refractivity (Wildman–Crippen MR) is 96.5 cm³/mol. The molecule has 24 heavy (non-hydrogen) atoms. The molecule has 1 N–H and O–H groups in total. The molecule has 0 aliphatic carbocycles. The van der Waals surface area contributed by atoms with Crippen LogP contribution in [0.4, 0.5) is 5.69 Å². The van der Waals surface area contributed by atoms with E-state index in [0.717, 1.165) is 11.3 Å². The molecule has 0 spiro atoms. The largest absolute Gasteiger partial charge is 0.374 e. The van der Waals surface area contributed by atoms with Gasteiger partial charge in [0.05, 0.1) is 18.7 Å². The van der Waals surface area contributed by atoms with Gasteiger partial charge in [-0.2, -0.15) is 10.4 Å². The molecule has 2 aromatic rings. The summed E-state index contributed by atoms with van der Waals surface area (Å²) in [7, 11) is 1.94. The van der Waals surface area contributed by atoms with E-state index in [-0.39, 0.29) is 5.91 Å². The predicted octanol–water partition coefficient (Wildman–Crippen LogP) is 3.45. The molecule has 5 nitrogen and oxygen atoms in total. The number of hydrazone groups is 1. The Morgan fingerprint density at radius 3 is 2.54 bits per heavy atom. The van der Waals surface area contributed by atoms with E-state index in [1.54, 1.807) is 30.5 Å². The summed E-state index contributed by atoms with van der Waals surface area (Å²) in [4.78, 5) is 13.9. The molecule has 0 heterocycles. The summed E-state index contributed by atoms with van der Waals surface area (Å²) in [5.74, 6) is -0.296. The van der Waals surface area contributed by atoms with E-state index in [9.17, 15) is 4.79 Å². The van der Waals surface area contributed by atoms with Crippen LogP contribution in [0, 0.1) is 11.3 Å². The Morgan fingerprint density at radius 2 is 1.92 bits per heavy atom. The van der Waals surface area contributed by atoms with Gasteiger partial charge in [0.25, 0.3) is 5.91 Å². The van der Waals surface area contributed by atoms with E-state index < -0.39 is 0 Å². The number of nitriles is 1. The Balaban J connectivity index is 1.91. The molecule has 6 heteroatoms. The Hall–Kier alpha value is -2.84. The molecule has 0 aliphatic rings. The van der Waals surface area contributed by atoms with Gasteiger partial charge in [-0.15, -0.1) is 0 Å². The first-order chi connectivity index (χ1) is 11.6. The number of rotatable bonds is 6. The minimum atomic E-state index is -0.296. The average molecular weight is 341 g/mol. The first-order valence-electron chi connectivity index (χ1n) is 7.37. The molecule has 0 saturated heterocycles. The van der Waals surface area contributed by atoms with Crippen LogP contribution in [0.3, 0.4) is 0 Å². The van der Waals surface area contributed by atoms with E-state index in [1.165, 1.54) is 0 Å². The number of carbonyl (C=O) groups is 1. The van der Waals surface area contributed by atoms with Gasteiger partial charge in [0, 0.05) is 29.9 Å². The van der Waals surface area contributed by atoms with Gasteiger partial charge in [0.1, 0.15) is 0 Å². The highest BCUT2D eigenvalue weighted by atomic mass is 35.5. The van der Waals surface area contributed by atoms with Crippen molar-refractivity contribution in [2.75, 3.05) is 18.5 Å². The van der Waals surface area contributed by atoms with Crippen LogP contribution in [0.25, 0.3) is 0 Å². The summed E-state index contributed by atoms with van der Waals surface area (Å²) < 4.78 is 0. The number of nitrogens with zero attached hydrogens (tertiary/aromatic N) is 3. The molecular formula is C18H17ClN4O. The van der Waals surface area contributed by atoms with Crippen molar-refractivity contribution >= 4 is 29.4 Å². The van der Waals surface area contributed by atoms with Crippen LogP contribution in [0.5, 0.6) is 0 Å². The third-order valence-electron chi connectivity index (χ3n) is 3.38. The lowest BCUT2D eigenvalue weighted by Crippen LogP contribution is -2.18. The van der Waals surface area contributed by atoms with Gasteiger partial charge in [0.15, 0.2) is 0 Å². The maximum atomic E-state index is 11.9. The van der Waals surface area contributed by atoms with Gasteiger partial charge in [-0.05, 0) is 42.0 Å². The molecule has 2 aromatic carbocycles. The molecule has 0 aliphatic heterocycles. The van der Waals surface area contributed by atoms with E-state index in [2.05, 4.69) is 16.6 Å². The van der Waals surface area contributed by atoms with Crippen molar-refractivity contribution in [3.05, 3.63) is 64.7 Å². The van der Waals surface area contributed by atoms with E-state index in [1.807, 2.05) is 36.2 Å². The van der Waals surface area contributed by atoms with Crippen molar-refractivity contribution in [1.29, 1.82) is 5.26 Å². The summed E-state index contributed by atoms with van der Waals surface area (Å²) in [6.07, 6.45) is 2.06. The summed E-state index contributed by atoms with van der Waals surface area (Å²) in [6, 6.07) is 16.4. The molecule has 122 valence electrons. The van der Waals surface area contributed by atoms with Gasteiger partial charge in [-0.1, -0.05) is 23.7 Å². The highest BCUT2D eigenvalue weighted by molar-refractivity contribution is 6.30. The van der Waals surface area contributed by atoms with E-state index in [0.29, 0.717) is 23.6 Å². The molecule has 0 bridgehead atoms. The zero-order chi connectivity index (χ0) is 17.4. The number of benzene rings is 2. The van der Waals surface area contributed by atoms with Gasteiger partial charge in [-0.3, -0.25) is 4.79 Å². The molecule has 0 saturated carbocycles. The molecular weight excluding hydrogens is 324 g/mol. The Kier molecular flexibility index (Phi) is 6.35. The quantitative estimate of drug-likeness (QED) is 0.646. The first kappa shape index (κ1) is 17.5. The van der Waals surface area contributed by atoms with Crippen LogP contribution >= 0.6 is 11.6 Å². The Bertz CT molecular complexity index is 748. The SMILES string of the molecule is CN(CCC#N)c1ccc(/C=N\NC(=O)c2ccc(Cl)cc2)cc1. The van der Waals surface area contributed by atoms with Crippen LogP contribution < -0.4 is 10.3 Å². The minimum absolute atomic E-state index is 0.296. The second kappa shape index (κ2) is 8.70. The average Bonchev–Trinajstić information content (AvgIpc) is 2.60. The summed E-state index contributed by atoms with van der Waals surface area (Å²) in [5.41, 5.74) is 4.85. The fraction of sp³-hybridized carbons (Fsp3) is 0.167. The lowest BCUT2D eigenvalue weighted by atomic mass is 10.2. The van der Waals surface area contributed by atoms with Crippen molar-refractivity contribution < 1.29 is 4.79 Å². The maximum Gasteiger partial charge on any atom is 0.271 e. The number of hydrogen-bond donors (Lipinski definition) is 1. The molecule has 0 fully saturated rings. The minimum Gasteiger partial charge on any atom is -0.374 e. The Labute approximate surface area is 146 Å². The lowest BCUT2D eigenvalue weighted by molar-refractivity contribution is 0.0955. The molecule has 2 rings (SSSR count). The lowest BCUT2D eigenvalue weighted by Gasteiger charge is -2.17. The first-order valence-corrected chi connectivity index (χ1v) is 7.75. The van der Waals surface area contributed by atoms with E-state index in [4.69, 9.17) is 16.9 Å². The summed E-state index contributed by atoms with van der Waals surface area (Å²) in [5, 5.41) is 13.1. The van der Waals surface area contributed by atoms with Crippen molar-refractivity contribution in [2.24, 2.45) is 5.10 Å². The van der Waals surface area contributed by atoms with Gasteiger partial charge in [0.2, 0.25) is 0 Å². The van der Waals surface area contributed by atoms with E-state index >= 15 is 0 Å². The topological polar surface area (TPSA) is 68.5 Å². The molecule has 0 aromatic heterocycles. The van der Waals surface area contributed by atoms with Crippen LogP contribution in [0.1, 0.15) is 22.3 Å². The van der Waals surface area contributed by atoms with Crippen molar-refractivity contribution in [3.63, 3.8) is 0 Å². The normalized spacial score (nSPS) is 10.4. The molecule has 1 amide bonds. The second-order valence-corrected chi connectivity index (χ2v) is 5.56. The van der Waals surface area contributed by atoms with Crippen molar-refractivity contribution in [2.45, 2.75) is 6.42 Å². The molecule has 0 radical (unpaired) electrons. The maximum absolute atomic E-state index is 11.9. The highest BCUT2D eigenvalue weighted by Gasteiger charge is 2.03. The second-order valence-electron chi connectivity index (χ2n) is 5.13. The monoisotopic (exact) mass is 340 g/mol. The number of halogens is 1. The summed E-state index contributed by atoms with van der Waals surface area (Å²) >= 11 is 5.78. The van der Waals surface area contributed by atoms with Crippen LogP contribution in [0.2, 0.25) is 5.02 Å². The number of anilines is 1. The smallest absolute Gasteiger partial charge is 0.271 e. The van der Waals surface area contributed by atoms with Crippen molar-refractivity contribution in [3.8, 4) is 6.07 Å². The highest BCUT2D eigenvalue weighted by Crippen LogP contribution is 2.13. The van der Waals surface area contributed by atoms with Crippen LogP contribution in [-0.2, 0) is 0 Å². The summed E-state index contributed by atoms with van der Waals surface area (Å²) in [6.45, 7) is 0.682. The third-order valence-corrected chi connectivity index (χ3v) is 3.63. The van der Waals surface area contributed by atoms with Gasteiger partial charge < -0.3 is 4.90 Å². The van der Waals surface area contributed by atoms with Gasteiger partial charge >= 0.3 is 0 Å². The molecule has 0 unspecified atom stereocenters. The fourth-order valence-corrected chi connectivity index (χ4v) is 2.12. The number of amides is 1. The molecule has 0 atom stereocenters. The van der Waals surface area contributed by atoms with Crippen molar-refractivity contribution in [1.82, 2.24) is 5.43 Å². The number of nitrogens with one attached hydrogen (secondary N) is 1.